The number of carbonyl (C=O) groups excluding carboxylic acids is 1. The van der Waals surface area contributed by atoms with E-state index in [9.17, 15) is 4.79 Å². The van der Waals surface area contributed by atoms with Crippen LogP contribution in [0.15, 0.2) is 18.2 Å². The minimum Gasteiger partial charge on any atom is -0.399 e. The molecule has 4 nitrogen and oxygen atoms in total. The molecule has 0 unspecified atom stereocenters. The van der Waals surface area contributed by atoms with Gasteiger partial charge >= 0.3 is 0 Å². The number of nitrogens with zero attached hydrogens (tertiary/aromatic N) is 1. The zero-order valence-corrected chi connectivity index (χ0v) is 10.3. The molecule has 1 aromatic carbocycles. The van der Waals surface area contributed by atoms with Gasteiger partial charge in [-0.05, 0) is 37.1 Å². The highest BCUT2D eigenvalue weighted by molar-refractivity contribution is 5.95. The van der Waals surface area contributed by atoms with E-state index in [0.717, 1.165) is 18.5 Å². The van der Waals surface area contributed by atoms with Crippen LogP contribution in [0.25, 0.3) is 0 Å². The Morgan fingerprint density at radius 2 is 2.24 bits per heavy atom. The largest absolute Gasteiger partial charge is 0.399 e. The van der Waals surface area contributed by atoms with Crippen molar-refractivity contribution in [3.8, 4) is 0 Å². The van der Waals surface area contributed by atoms with Gasteiger partial charge in [0.2, 0.25) is 0 Å². The first-order valence-electron chi connectivity index (χ1n) is 5.79. The van der Waals surface area contributed by atoms with Gasteiger partial charge in [-0.2, -0.15) is 0 Å². The number of aryl methyl sites for hydroxylation is 1. The molecule has 0 saturated carbocycles. The van der Waals surface area contributed by atoms with Crippen molar-refractivity contribution in [1.82, 2.24) is 4.90 Å². The lowest BCUT2D eigenvalue weighted by molar-refractivity contribution is 0.0724. The van der Waals surface area contributed by atoms with Crippen molar-refractivity contribution in [2.24, 2.45) is 0 Å². The van der Waals surface area contributed by atoms with Crippen LogP contribution in [0, 0.1) is 6.92 Å². The molecule has 92 valence electrons. The summed E-state index contributed by atoms with van der Waals surface area (Å²) >= 11 is 0. The highest BCUT2D eigenvalue weighted by Crippen LogP contribution is 2.18. The number of carbonyl (C=O) groups is 1. The molecule has 0 aromatic heterocycles. The van der Waals surface area contributed by atoms with E-state index in [2.05, 4.69) is 0 Å². The maximum absolute atomic E-state index is 12.2. The summed E-state index contributed by atoms with van der Waals surface area (Å²) in [7, 11) is 1.68. The summed E-state index contributed by atoms with van der Waals surface area (Å²) in [5.74, 6) is 0.0416. The number of hydrogen-bond donors (Lipinski definition) is 1. The Kier molecular flexibility index (Phi) is 3.33. The van der Waals surface area contributed by atoms with Crippen LogP contribution in [0.4, 0.5) is 5.69 Å². The fourth-order valence-electron chi connectivity index (χ4n) is 2.22. The van der Waals surface area contributed by atoms with E-state index in [-0.39, 0.29) is 12.0 Å². The van der Waals surface area contributed by atoms with Crippen molar-refractivity contribution in [3.63, 3.8) is 0 Å². The lowest BCUT2D eigenvalue weighted by atomic mass is 10.1. The topological polar surface area (TPSA) is 55.6 Å². The number of rotatable bonds is 2. The Hall–Kier alpha value is -1.55. The number of nitrogen functional groups attached to an aromatic ring is 1. The molecule has 1 heterocycles. The first-order chi connectivity index (χ1) is 8.10. The maximum Gasteiger partial charge on any atom is 0.254 e. The summed E-state index contributed by atoms with van der Waals surface area (Å²) in [4.78, 5) is 14.0. The van der Waals surface area contributed by atoms with Crippen LogP contribution in [-0.4, -0.2) is 37.1 Å². The van der Waals surface area contributed by atoms with Gasteiger partial charge in [-0.1, -0.05) is 0 Å². The van der Waals surface area contributed by atoms with Gasteiger partial charge in [0.15, 0.2) is 0 Å². The van der Waals surface area contributed by atoms with E-state index in [1.807, 2.05) is 24.0 Å². The Morgan fingerprint density at radius 1 is 1.47 bits per heavy atom. The summed E-state index contributed by atoms with van der Waals surface area (Å²) in [6.45, 7) is 3.36. The van der Waals surface area contributed by atoms with E-state index >= 15 is 0 Å². The maximum atomic E-state index is 12.2. The number of ether oxygens (including phenoxy) is 1. The molecule has 1 saturated heterocycles. The predicted octanol–water partition coefficient (Wildman–Crippen LogP) is 1.44. The third kappa shape index (κ3) is 2.58. The average molecular weight is 234 g/mol. The highest BCUT2D eigenvalue weighted by atomic mass is 16.5. The molecule has 0 bridgehead atoms. The van der Waals surface area contributed by atoms with Crippen molar-refractivity contribution in [2.75, 3.05) is 25.9 Å². The number of amides is 1. The number of methoxy groups -OCH3 is 1. The quantitative estimate of drug-likeness (QED) is 0.788. The van der Waals surface area contributed by atoms with Crippen LogP contribution in [0.2, 0.25) is 0 Å². The molecule has 1 aliphatic rings. The van der Waals surface area contributed by atoms with E-state index in [1.54, 1.807) is 13.2 Å². The molecular weight excluding hydrogens is 216 g/mol. The summed E-state index contributed by atoms with van der Waals surface area (Å²) in [5, 5.41) is 0. The van der Waals surface area contributed by atoms with Crippen LogP contribution in [-0.2, 0) is 4.74 Å². The highest BCUT2D eigenvalue weighted by Gasteiger charge is 2.26. The summed E-state index contributed by atoms with van der Waals surface area (Å²) < 4.78 is 5.26. The fourth-order valence-corrected chi connectivity index (χ4v) is 2.22. The third-order valence-corrected chi connectivity index (χ3v) is 3.11. The minimum atomic E-state index is 0.0416. The zero-order chi connectivity index (χ0) is 12.4. The van der Waals surface area contributed by atoms with Crippen LogP contribution >= 0.6 is 0 Å². The SMILES string of the molecule is CO[C@H]1CCN(C(=O)c2cc(C)cc(N)c2)C1. The second kappa shape index (κ2) is 4.75. The summed E-state index contributed by atoms with van der Waals surface area (Å²) in [6.07, 6.45) is 1.07. The molecule has 0 radical (unpaired) electrons. The number of benzene rings is 1. The standard InChI is InChI=1S/C13H18N2O2/c1-9-5-10(7-11(14)6-9)13(16)15-4-3-12(8-15)17-2/h5-7,12H,3-4,8,14H2,1-2H3/t12-/m0/s1. The van der Waals surface area contributed by atoms with Gasteiger partial charge in [0.1, 0.15) is 0 Å². The van der Waals surface area contributed by atoms with Crippen LogP contribution in [0.3, 0.4) is 0 Å². The molecular formula is C13H18N2O2. The number of nitrogens with two attached hydrogens (primary N) is 1. The fraction of sp³-hybridized carbons (Fsp3) is 0.462. The van der Waals surface area contributed by atoms with Crippen LogP contribution in [0.1, 0.15) is 22.3 Å². The van der Waals surface area contributed by atoms with E-state index in [1.165, 1.54) is 0 Å². The average Bonchev–Trinajstić information content (AvgIpc) is 2.75. The Balaban J connectivity index is 2.14. The van der Waals surface area contributed by atoms with Gasteiger partial charge < -0.3 is 15.4 Å². The monoisotopic (exact) mass is 234 g/mol. The first kappa shape index (κ1) is 11.9. The Bertz CT molecular complexity index is 411. The van der Waals surface area contributed by atoms with Crippen molar-refractivity contribution in [2.45, 2.75) is 19.4 Å². The van der Waals surface area contributed by atoms with Crippen molar-refractivity contribution < 1.29 is 9.53 Å². The lowest BCUT2D eigenvalue weighted by Crippen LogP contribution is -2.30. The van der Waals surface area contributed by atoms with Gasteiger partial charge in [-0.3, -0.25) is 4.79 Å². The second-order valence-electron chi connectivity index (χ2n) is 4.53. The molecule has 1 fully saturated rings. The molecule has 2 N–H and O–H groups in total. The minimum absolute atomic E-state index is 0.0416. The van der Waals surface area contributed by atoms with Gasteiger partial charge in [0.25, 0.3) is 5.91 Å². The predicted molar refractivity (Wildman–Crippen MR) is 66.9 cm³/mol. The van der Waals surface area contributed by atoms with Crippen LogP contribution < -0.4 is 5.73 Å². The van der Waals surface area contributed by atoms with E-state index < -0.39 is 0 Å². The summed E-state index contributed by atoms with van der Waals surface area (Å²) in [6, 6.07) is 5.47. The Morgan fingerprint density at radius 3 is 2.82 bits per heavy atom. The van der Waals surface area contributed by atoms with Gasteiger partial charge in [0, 0.05) is 31.5 Å². The molecule has 2 rings (SSSR count). The number of likely N-dealkylation sites (tertiary alicyclic amines) is 1. The van der Waals surface area contributed by atoms with Gasteiger partial charge in [-0.25, -0.2) is 0 Å². The number of anilines is 1. The molecule has 1 aromatic rings. The molecule has 1 amide bonds. The van der Waals surface area contributed by atoms with Crippen molar-refractivity contribution in [1.29, 1.82) is 0 Å². The third-order valence-electron chi connectivity index (χ3n) is 3.11. The van der Waals surface area contributed by atoms with Crippen molar-refractivity contribution in [3.05, 3.63) is 29.3 Å². The molecule has 1 aliphatic heterocycles. The van der Waals surface area contributed by atoms with Gasteiger partial charge in [0.05, 0.1) is 6.10 Å². The van der Waals surface area contributed by atoms with E-state index in [4.69, 9.17) is 10.5 Å². The molecule has 17 heavy (non-hydrogen) atoms. The molecule has 1 atom stereocenters. The first-order valence-corrected chi connectivity index (χ1v) is 5.79. The normalized spacial score (nSPS) is 19.6. The van der Waals surface area contributed by atoms with Crippen molar-refractivity contribution >= 4 is 11.6 Å². The zero-order valence-electron chi connectivity index (χ0n) is 10.3. The molecule has 0 spiro atoms. The Labute approximate surface area is 101 Å². The lowest BCUT2D eigenvalue weighted by Gasteiger charge is -2.16. The second-order valence-corrected chi connectivity index (χ2v) is 4.53. The smallest absolute Gasteiger partial charge is 0.254 e. The van der Waals surface area contributed by atoms with Gasteiger partial charge in [-0.15, -0.1) is 0 Å². The van der Waals surface area contributed by atoms with Crippen LogP contribution in [0.5, 0.6) is 0 Å². The summed E-state index contributed by atoms with van der Waals surface area (Å²) in [5.41, 5.74) is 8.06. The number of hydrogen-bond acceptors (Lipinski definition) is 3. The molecule has 4 heteroatoms. The molecule has 0 aliphatic carbocycles. The van der Waals surface area contributed by atoms with E-state index in [0.29, 0.717) is 17.8 Å².